The van der Waals surface area contributed by atoms with Gasteiger partial charge in [0.1, 0.15) is 5.82 Å². The number of anilines is 1. The normalized spacial score (nSPS) is 10.6. The molecule has 0 aromatic heterocycles. The highest BCUT2D eigenvalue weighted by molar-refractivity contribution is 9.10. The summed E-state index contributed by atoms with van der Waals surface area (Å²) in [6.07, 6.45) is 0. The zero-order valence-electron chi connectivity index (χ0n) is 9.29. The first-order valence-corrected chi connectivity index (χ1v) is 7.75. The van der Waals surface area contributed by atoms with Crippen molar-refractivity contribution in [3.05, 3.63) is 56.7 Å². The predicted molar refractivity (Wildman–Crippen MR) is 82.2 cm³/mol. The molecule has 0 amide bonds. The Kier molecular flexibility index (Phi) is 4.70. The summed E-state index contributed by atoms with van der Waals surface area (Å²) in [7, 11) is 0. The summed E-state index contributed by atoms with van der Waals surface area (Å²) in [4.78, 5) is 0.987. The maximum atomic E-state index is 13.2. The van der Waals surface area contributed by atoms with E-state index in [2.05, 4.69) is 31.9 Å². The second kappa shape index (κ2) is 6.08. The van der Waals surface area contributed by atoms with Gasteiger partial charge in [-0.1, -0.05) is 31.9 Å². The maximum Gasteiger partial charge on any atom is 0.123 e. The average molecular weight is 391 g/mol. The van der Waals surface area contributed by atoms with Gasteiger partial charge in [0.15, 0.2) is 0 Å². The topological polar surface area (TPSA) is 26.0 Å². The molecule has 94 valence electrons. The lowest BCUT2D eigenvalue weighted by Crippen LogP contribution is -1.90. The molecule has 0 saturated heterocycles. The molecule has 2 N–H and O–H groups in total. The van der Waals surface area contributed by atoms with Gasteiger partial charge in [-0.2, -0.15) is 0 Å². The monoisotopic (exact) mass is 389 g/mol. The van der Waals surface area contributed by atoms with Crippen LogP contribution >= 0.6 is 43.6 Å². The van der Waals surface area contributed by atoms with Crippen LogP contribution < -0.4 is 5.73 Å². The Balaban J connectivity index is 2.16. The highest BCUT2D eigenvalue weighted by Crippen LogP contribution is 2.32. The van der Waals surface area contributed by atoms with Crippen molar-refractivity contribution in [3.8, 4) is 0 Å². The van der Waals surface area contributed by atoms with Crippen molar-refractivity contribution in [3.63, 3.8) is 0 Å². The van der Waals surface area contributed by atoms with Gasteiger partial charge in [0.25, 0.3) is 0 Å². The fourth-order valence-corrected chi connectivity index (χ4v) is 3.52. The molecular formula is C13H10Br2FNS. The molecule has 0 saturated carbocycles. The Morgan fingerprint density at radius 2 is 1.89 bits per heavy atom. The van der Waals surface area contributed by atoms with Crippen LogP contribution in [0.2, 0.25) is 0 Å². The van der Waals surface area contributed by atoms with Crippen LogP contribution in [0.25, 0.3) is 0 Å². The third-order valence-corrected chi connectivity index (χ3v) is 4.75. The molecule has 0 heterocycles. The Labute approximate surface area is 126 Å². The van der Waals surface area contributed by atoms with Crippen molar-refractivity contribution in [2.24, 2.45) is 0 Å². The lowest BCUT2D eigenvalue weighted by molar-refractivity contribution is 0.626. The number of hydrogen-bond donors (Lipinski definition) is 1. The number of nitrogen functional groups attached to an aromatic ring is 1. The van der Waals surface area contributed by atoms with Gasteiger partial charge in [-0.05, 0) is 42.0 Å². The summed E-state index contributed by atoms with van der Waals surface area (Å²) in [6.45, 7) is 0. The molecule has 2 rings (SSSR count). The van der Waals surface area contributed by atoms with Gasteiger partial charge < -0.3 is 5.73 Å². The summed E-state index contributed by atoms with van der Waals surface area (Å²) in [5, 5.41) is 0. The first-order valence-electron chi connectivity index (χ1n) is 5.18. The third-order valence-electron chi connectivity index (χ3n) is 2.37. The lowest BCUT2D eigenvalue weighted by atomic mass is 10.2. The van der Waals surface area contributed by atoms with Gasteiger partial charge in [-0.25, -0.2) is 4.39 Å². The van der Waals surface area contributed by atoms with E-state index in [0.717, 1.165) is 25.1 Å². The molecule has 0 aliphatic rings. The molecule has 0 atom stereocenters. The van der Waals surface area contributed by atoms with E-state index in [1.807, 2.05) is 18.2 Å². The molecule has 1 nitrogen and oxygen atoms in total. The summed E-state index contributed by atoms with van der Waals surface area (Å²) in [5.74, 6) is 0.440. The van der Waals surface area contributed by atoms with Crippen molar-refractivity contribution in [1.29, 1.82) is 0 Å². The van der Waals surface area contributed by atoms with E-state index >= 15 is 0 Å². The largest absolute Gasteiger partial charge is 0.398 e. The number of thioether (sulfide) groups is 1. The first-order chi connectivity index (χ1) is 8.56. The molecule has 0 bridgehead atoms. The van der Waals surface area contributed by atoms with E-state index < -0.39 is 0 Å². The van der Waals surface area contributed by atoms with Crippen molar-refractivity contribution in [2.75, 3.05) is 5.73 Å². The molecule has 0 fully saturated rings. The fourth-order valence-electron chi connectivity index (χ4n) is 1.44. The third kappa shape index (κ3) is 3.49. The summed E-state index contributed by atoms with van der Waals surface area (Å²) in [6, 6.07) is 10.4. The highest BCUT2D eigenvalue weighted by Gasteiger charge is 2.05. The molecule has 0 spiro atoms. The lowest BCUT2D eigenvalue weighted by Gasteiger charge is -2.07. The van der Waals surface area contributed by atoms with Crippen LogP contribution in [0.3, 0.4) is 0 Å². The first kappa shape index (κ1) is 13.9. The minimum atomic E-state index is -0.226. The smallest absolute Gasteiger partial charge is 0.123 e. The number of rotatable bonds is 3. The van der Waals surface area contributed by atoms with Crippen LogP contribution in [0.4, 0.5) is 10.1 Å². The predicted octanol–water partition coefficient (Wildman–Crippen LogP) is 5.23. The van der Waals surface area contributed by atoms with Crippen molar-refractivity contribution >= 4 is 49.3 Å². The van der Waals surface area contributed by atoms with Crippen molar-refractivity contribution in [2.45, 2.75) is 10.6 Å². The van der Waals surface area contributed by atoms with E-state index in [1.54, 1.807) is 17.8 Å². The van der Waals surface area contributed by atoms with Crippen LogP contribution in [0, 0.1) is 5.82 Å². The standard InChI is InChI=1S/C13H10Br2FNS/c14-9-1-4-12(17)13(6-9)18-7-8-5-10(16)2-3-11(8)15/h1-6H,7,17H2. The highest BCUT2D eigenvalue weighted by atomic mass is 79.9. The van der Waals surface area contributed by atoms with Crippen LogP contribution in [-0.2, 0) is 5.75 Å². The summed E-state index contributed by atoms with van der Waals surface area (Å²) < 4.78 is 15.0. The zero-order valence-corrected chi connectivity index (χ0v) is 13.3. The Morgan fingerprint density at radius 1 is 1.11 bits per heavy atom. The molecule has 0 radical (unpaired) electrons. The number of halogens is 3. The number of benzene rings is 2. The molecule has 5 heteroatoms. The van der Waals surface area contributed by atoms with Gasteiger partial charge in [0.2, 0.25) is 0 Å². The maximum absolute atomic E-state index is 13.2. The average Bonchev–Trinajstić information content (AvgIpc) is 2.34. The Hall–Kier alpha value is -0.520. The van der Waals surface area contributed by atoms with Crippen LogP contribution in [0.15, 0.2) is 50.2 Å². The van der Waals surface area contributed by atoms with Gasteiger partial charge in [-0.3, -0.25) is 0 Å². The van der Waals surface area contributed by atoms with Gasteiger partial charge >= 0.3 is 0 Å². The molecule has 18 heavy (non-hydrogen) atoms. The second-order valence-electron chi connectivity index (χ2n) is 3.71. The van der Waals surface area contributed by atoms with E-state index in [-0.39, 0.29) is 5.82 Å². The molecule has 0 unspecified atom stereocenters. The van der Waals surface area contributed by atoms with Gasteiger partial charge in [-0.15, -0.1) is 11.8 Å². The van der Waals surface area contributed by atoms with Crippen molar-refractivity contribution in [1.82, 2.24) is 0 Å². The summed E-state index contributed by atoms with van der Waals surface area (Å²) >= 11 is 8.41. The van der Waals surface area contributed by atoms with E-state index in [0.29, 0.717) is 5.75 Å². The van der Waals surface area contributed by atoms with Crippen LogP contribution in [-0.4, -0.2) is 0 Å². The zero-order chi connectivity index (χ0) is 13.1. The summed E-state index contributed by atoms with van der Waals surface area (Å²) in [5.41, 5.74) is 7.54. The van der Waals surface area contributed by atoms with E-state index in [4.69, 9.17) is 5.73 Å². The molecule has 0 aliphatic carbocycles. The quantitative estimate of drug-likeness (QED) is 0.573. The molecule has 2 aromatic rings. The molecular weight excluding hydrogens is 381 g/mol. The van der Waals surface area contributed by atoms with E-state index in [9.17, 15) is 4.39 Å². The van der Waals surface area contributed by atoms with Crippen LogP contribution in [0.1, 0.15) is 5.56 Å². The fraction of sp³-hybridized carbons (Fsp3) is 0.0769. The second-order valence-corrected chi connectivity index (χ2v) is 6.49. The van der Waals surface area contributed by atoms with Crippen molar-refractivity contribution < 1.29 is 4.39 Å². The minimum absolute atomic E-state index is 0.226. The number of nitrogens with two attached hydrogens (primary N) is 1. The SMILES string of the molecule is Nc1ccc(Br)cc1SCc1cc(F)ccc1Br. The number of hydrogen-bond acceptors (Lipinski definition) is 2. The van der Waals surface area contributed by atoms with Crippen LogP contribution in [0.5, 0.6) is 0 Å². The van der Waals surface area contributed by atoms with Gasteiger partial charge in [0.05, 0.1) is 0 Å². The van der Waals surface area contributed by atoms with Gasteiger partial charge in [0, 0.05) is 25.3 Å². The minimum Gasteiger partial charge on any atom is -0.398 e. The van der Waals surface area contributed by atoms with E-state index in [1.165, 1.54) is 12.1 Å². The Bertz CT molecular complexity index is 523. The molecule has 0 aliphatic heterocycles. The molecule has 2 aromatic carbocycles. The Morgan fingerprint density at radius 3 is 2.67 bits per heavy atom.